The van der Waals surface area contributed by atoms with Crippen LogP contribution in [-0.2, 0) is 34.4 Å². The fraction of sp³-hybridized carbons (Fsp3) is 0.459. The summed E-state index contributed by atoms with van der Waals surface area (Å²) in [4.78, 5) is 26.3. The highest BCUT2D eigenvalue weighted by atomic mass is 16.5. The molecule has 1 amide bonds. The lowest BCUT2D eigenvalue weighted by Gasteiger charge is -2.49. The Balaban J connectivity index is 1.33. The molecule has 1 saturated carbocycles. The molecule has 1 fully saturated rings. The second kappa shape index (κ2) is 13.1. The summed E-state index contributed by atoms with van der Waals surface area (Å²) in [5, 5.41) is 3.29. The zero-order chi connectivity index (χ0) is 29.7. The molecule has 5 rings (SSSR count). The maximum absolute atomic E-state index is 13.2. The van der Waals surface area contributed by atoms with Gasteiger partial charge in [0.25, 0.3) is 0 Å². The van der Waals surface area contributed by atoms with Crippen molar-refractivity contribution in [1.29, 1.82) is 0 Å². The molecule has 3 aromatic carbocycles. The van der Waals surface area contributed by atoms with Crippen LogP contribution in [0.3, 0.4) is 0 Å². The maximum atomic E-state index is 13.2. The predicted molar refractivity (Wildman–Crippen MR) is 167 cm³/mol. The summed E-state index contributed by atoms with van der Waals surface area (Å²) in [7, 11) is 0. The SMILES string of the molecule is CC(C)Cc1ccc([C@H](C)C(=O)Oc2ccc3c(c2)[C@@]2(C)CCCCC[C@@H](C3)[C@@H]2NC(=O)OCc2ccccc2)cc1. The van der Waals surface area contributed by atoms with E-state index in [1.54, 1.807) is 0 Å². The molecule has 0 unspecified atom stereocenters. The third-order valence-corrected chi connectivity index (χ3v) is 9.29. The van der Waals surface area contributed by atoms with E-state index >= 15 is 0 Å². The van der Waals surface area contributed by atoms with Crippen LogP contribution in [0.2, 0.25) is 0 Å². The van der Waals surface area contributed by atoms with Gasteiger partial charge in [0.05, 0.1) is 5.92 Å². The van der Waals surface area contributed by atoms with Crippen molar-refractivity contribution in [1.82, 2.24) is 5.32 Å². The van der Waals surface area contributed by atoms with Gasteiger partial charge in [0.15, 0.2) is 0 Å². The number of carbonyl (C=O) groups is 2. The number of nitrogens with one attached hydrogen (secondary N) is 1. The Morgan fingerprint density at radius 3 is 2.43 bits per heavy atom. The summed E-state index contributed by atoms with van der Waals surface area (Å²) in [5.74, 6) is 0.854. The summed E-state index contributed by atoms with van der Waals surface area (Å²) in [6.45, 7) is 8.83. The summed E-state index contributed by atoms with van der Waals surface area (Å²) in [5.41, 5.74) is 5.37. The number of ether oxygens (including phenoxy) is 2. The molecule has 2 bridgehead atoms. The summed E-state index contributed by atoms with van der Waals surface area (Å²) < 4.78 is 11.6. The van der Waals surface area contributed by atoms with Crippen LogP contribution in [-0.4, -0.2) is 18.1 Å². The molecular weight excluding hydrogens is 522 g/mol. The van der Waals surface area contributed by atoms with Crippen LogP contribution in [0.15, 0.2) is 72.8 Å². The third kappa shape index (κ3) is 6.88. The Labute approximate surface area is 251 Å². The van der Waals surface area contributed by atoms with Gasteiger partial charge in [0, 0.05) is 11.5 Å². The first-order chi connectivity index (χ1) is 20.2. The molecular formula is C37H45NO4. The second-order valence-electron chi connectivity index (χ2n) is 13.0. The van der Waals surface area contributed by atoms with Crippen LogP contribution in [0.4, 0.5) is 4.79 Å². The van der Waals surface area contributed by atoms with Crippen molar-refractivity contribution in [2.75, 3.05) is 0 Å². The standard InChI is InChI=1S/C37H45NO4/c1-25(2)21-27-14-16-29(17-15-27)26(3)35(39)42-32-19-18-30-22-31-13-9-6-10-20-37(4,33(30)23-32)34(31)38-36(40)41-24-28-11-7-5-8-12-28/h5,7-8,11-12,14-19,23,25-26,31,34H,6,9-10,13,20-22,24H2,1-4H3,(H,38,40)/t26-,31-,34-,37+/m0/s1. The summed E-state index contributed by atoms with van der Waals surface area (Å²) in [6, 6.07) is 24.1. The predicted octanol–water partition coefficient (Wildman–Crippen LogP) is 8.28. The van der Waals surface area contributed by atoms with E-state index in [0.29, 0.717) is 17.6 Å². The summed E-state index contributed by atoms with van der Waals surface area (Å²) in [6.07, 6.45) is 7.01. The first kappa shape index (κ1) is 29.9. The monoisotopic (exact) mass is 567 g/mol. The summed E-state index contributed by atoms with van der Waals surface area (Å²) >= 11 is 0. The van der Waals surface area contributed by atoms with Crippen molar-refractivity contribution in [2.24, 2.45) is 11.8 Å². The lowest BCUT2D eigenvalue weighted by Crippen LogP contribution is -2.57. The Morgan fingerprint density at radius 1 is 0.929 bits per heavy atom. The number of benzene rings is 3. The zero-order valence-electron chi connectivity index (χ0n) is 25.5. The van der Waals surface area contributed by atoms with E-state index in [-0.39, 0.29) is 36.0 Å². The molecule has 1 N–H and O–H groups in total. The number of alkyl carbamates (subject to hydrolysis) is 1. The Hall–Kier alpha value is -3.60. The molecule has 0 aliphatic heterocycles. The highest BCUT2D eigenvalue weighted by Crippen LogP contribution is 2.47. The van der Waals surface area contributed by atoms with Crippen LogP contribution < -0.4 is 10.1 Å². The first-order valence-electron chi connectivity index (χ1n) is 15.6. The van der Waals surface area contributed by atoms with Gasteiger partial charge >= 0.3 is 12.1 Å². The van der Waals surface area contributed by atoms with Crippen molar-refractivity contribution < 1.29 is 19.1 Å². The lowest BCUT2D eigenvalue weighted by atomic mass is 9.59. The Kier molecular flexibility index (Phi) is 9.35. The molecule has 0 spiro atoms. The zero-order valence-corrected chi connectivity index (χ0v) is 25.5. The van der Waals surface area contributed by atoms with Crippen molar-refractivity contribution in [3.8, 4) is 5.75 Å². The van der Waals surface area contributed by atoms with Gasteiger partial charge in [-0.2, -0.15) is 0 Å². The number of fused-ring (bicyclic) bond motifs is 4. The number of carbonyl (C=O) groups excluding carboxylic acids is 2. The molecule has 222 valence electrons. The molecule has 5 heteroatoms. The van der Waals surface area contributed by atoms with Gasteiger partial charge in [-0.3, -0.25) is 4.79 Å². The number of hydrogen-bond donors (Lipinski definition) is 1. The largest absolute Gasteiger partial charge is 0.445 e. The normalized spacial score (nSPS) is 22.3. The van der Waals surface area contributed by atoms with Crippen LogP contribution >= 0.6 is 0 Å². The van der Waals surface area contributed by atoms with Crippen LogP contribution in [0.25, 0.3) is 0 Å². The van der Waals surface area contributed by atoms with Crippen LogP contribution in [0, 0.1) is 11.8 Å². The smallest absolute Gasteiger partial charge is 0.407 e. The van der Waals surface area contributed by atoms with Crippen molar-refractivity contribution in [3.63, 3.8) is 0 Å². The van der Waals surface area contributed by atoms with Gasteiger partial charge in [-0.05, 0) is 84.4 Å². The quantitative estimate of drug-likeness (QED) is 0.220. The minimum absolute atomic E-state index is 0.0530. The number of rotatable bonds is 8. The Bertz CT molecular complexity index is 1370. The van der Waals surface area contributed by atoms with E-state index in [9.17, 15) is 9.59 Å². The van der Waals surface area contributed by atoms with Crippen molar-refractivity contribution in [3.05, 3.63) is 101 Å². The molecule has 0 radical (unpaired) electrons. The van der Waals surface area contributed by atoms with Gasteiger partial charge in [-0.15, -0.1) is 0 Å². The first-order valence-corrected chi connectivity index (χ1v) is 15.6. The second-order valence-corrected chi connectivity index (χ2v) is 13.0. The molecule has 2 aliphatic carbocycles. The fourth-order valence-electron chi connectivity index (χ4n) is 6.97. The molecule has 0 aromatic heterocycles. The molecule has 3 aromatic rings. The maximum Gasteiger partial charge on any atom is 0.407 e. The van der Waals surface area contributed by atoms with E-state index in [4.69, 9.17) is 9.47 Å². The molecule has 0 saturated heterocycles. The Morgan fingerprint density at radius 2 is 1.69 bits per heavy atom. The van der Waals surface area contributed by atoms with Crippen molar-refractivity contribution in [2.45, 2.75) is 96.6 Å². The van der Waals surface area contributed by atoms with Gasteiger partial charge in [-0.25, -0.2) is 4.79 Å². The minimum atomic E-state index is -0.375. The molecule has 5 nitrogen and oxygen atoms in total. The van der Waals surface area contributed by atoms with Gasteiger partial charge in [-0.1, -0.05) is 101 Å². The van der Waals surface area contributed by atoms with E-state index in [2.05, 4.69) is 44.3 Å². The fourth-order valence-corrected chi connectivity index (χ4v) is 6.97. The minimum Gasteiger partial charge on any atom is -0.445 e. The van der Waals surface area contributed by atoms with Gasteiger partial charge in [0.2, 0.25) is 0 Å². The molecule has 4 atom stereocenters. The van der Waals surface area contributed by atoms with Crippen LogP contribution in [0.1, 0.15) is 93.5 Å². The number of hydrogen-bond acceptors (Lipinski definition) is 4. The van der Waals surface area contributed by atoms with E-state index in [1.165, 1.54) is 29.5 Å². The van der Waals surface area contributed by atoms with Crippen LogP contribution in [0.5, 0.6) is 5.75 Å². The number of esters is 1. The average molecular weight is 568 g/mol. The highest BCUT2D eigenvalue weighted by Gasteiger charge is 2.47. The average Bonchev–Trinajstić information content (AvgIpc) is 2.98. The van der Waals surface area contributed by atoms with Gasteiger partial charge in [0.1, 0.15) is 12.4 Å². The molecule has 0 heterocycles. The topological polar surface area (TPSA) is 64.6 Å². The van der Waals surface area contributed by atoms with E-state index in [0.717, 1.165) is 43.2 Å². The van der Waals surface area contributed by atoms with E-state index in [1.807, 2.05) is 61.5 Å². The lowest BCUT2D eigenvalue weighted by molar-refractivity contribution is -0.135. The number of amides is 1. The molecule has 42 heavy (non-hydrogen) atoms. The molecule has 2 aliphatic rings. The third-order valence-electron chi connectivity index (χ3n) is 9.29. The highest BCUT2D eigenvalue weighted by molar-refractivity contribution is 5.80. The van der Waals surface area contributed by atoms with Crippen molar-refractivity contribution >= 4 is 12.1 Å². The van der Waals surface area contributed by atoms with Gasteiger partial charge < -0.3 is 14.8 Å². The van der Waals surface area contributed by atoms with E-state index < -0.39 is 0 Å².